The summed E-state index contributed by atoms with van der Waals surface area (Å²) in [7, 11) is 0. The lowest BCUT2D eigenvalue weighted by atomic mass is 9.84. The van der Waals surface area contributed by atoms with Gasteiger partial charge in [-0.2, -0.15) is 10.2 Å². The Morgan fingerprint density at radius 3 is 2.26 bits per heavy atom. The van der Waals surface area contributed by atoms with E-state index < -0.39 is 0 Å². The van der Waals surface area contributed by atoms with Gasteiger partial charge in [-0.15, -0.1) is 0 Å². The molecule has 0 amide bonds. The zero-order valence-electron chi connectivity index (χ0n) is 20.1. The van der Waals surface area contributed by atoms with E-state index in [9.17, 15) is 0 Å². The van der Waals surface area contributed by atoms with Crippen molar-refractivity contribution in [2.75, 3.05) is 0 Å². The first-order chi connectivity index (χ1) is 14.5. The van der Waals surface area contributed by atoms with Gasteiger partial charge < -0.3 is 0 Å². The summed E-state index contributed by atoms with van der Waals surface area (Å²) in [6, 6.07) is 11.2. The standard InChI is InChI=1S/C27H34N4/c1-16-10-9-11-22-24(27(6,7)8)25(29-31(16)22)20-14-19(20)18-12-17(2)30-23(13-18)21(15-28-30)26(3,4)5/h9-13,15,19-20H,14H2,1-8H3. The lowest BCUT2D eigenvalue weighted by Crippen LogP contribution is -2.13. The fraction of sp³-hybridized carbons (Fsp3) is 0.481. The van der Waals surface area contributed by atoms with Crippen LogP contribution in [0.1, 0.15) is 93.6 Å². The molecule has 0 N–H and O–H groups in total. The predicted octanol–water partition coefficient (Wildman–Crippen LogP) is 6.46. The summed E-state index contributed by atoms with van der Waals surface area (Å²) in [6.45, 7) is 18.0. The molecule has 1 aliphatic rings. The fourth-order valence-corrected chi connectivity index (χ4v) is 5.19. The van der Waals surface area contributed by atoms with Crippen molar-refractivity contribution >= 4 is 11.0 Å². The zero-order chi connectivity index (χ0) is 22.3. The maximum absolute atomic E-state index is 5.15. The molecule has 4 heterocycles. The van der Waals surface area contributed by atoms with E-state index in [1.165, 1.54) is 51.2 Å². The number of aryl methyl sites for hydroxylation is 2. The molecule has 0 bridgehead atoms. The van der Waals surface area contributed by atoms with Gasteiger partial charge in [-0.25, -0.2) is 9.03 Å². The van der Waals surface area contributed by atoms with Crippen LogP contribution >= 0.6 is 0 Å². The molecule has 5 rings (SSSR count). The van der Waals surface area contributed by atoms with Gasteiger partial charge in [0.25, 0.3) is 0 Å². The number of rotatable bonds is 2. The summed E-state index contributed by atoms with van der Waals surface area (Å²) in [6.07, 6.45) is 3.21. The number of hydrogen-bond donors (Lipinski definition) is 0. The van der Waals surface area contributed by atoms with Crippen LogP contribution in [0.4, 0.5) is 0 Å². The molecule has 4 aromatic heterocycles. The van der Waals surface area contributed by atoms with Crippen LogP contribution in [-0.2, 0) is 10.8 Å². The highest BCUT2D eigenvalue weighted by atomic mass is 15.2. The quantitative estimate of drug-likeness (QED) is 0.377. The number of aromatic nitrogens is 4. The topological polar surface area (TPSA) is 34.6 Å². The Balaban J connectivity index is 1.61. The third-order valence-electron chi connectivity index (χ3n) is 6.82. The molecule has 1 saturated carbocycles. The Labute approximate surface area is 185 Å². The van der Waals surface area contributed by atoms with Crippen molar-refractivity contribution < 1.29 is 0 Å². The van der Waals surface area contributed by atoms with Gasteiger partial charge in [0.05, 0.1) is 22.9 Å². The van der Waals surface area contributed by atoms with Gasteiger partial charge in [0, 0.05) is 28.4 Å². The van der Waals surface area contributed by atoms with Gasteiger partial charge in [-0.05, 0) is 66.8 Å². The molecule has 31 heavy (non-hydrogen) atoms. The van der Waals surface area contributed by atoms with Gasteiger partial charge in [0.15, 0.2) is 0 Å². The number of nitrogens with zero attached hydrogens (tertiary/aromatic N) is 4. The van der Waals surface area contributed by atoms with E-state index in [0.29, 0.717) is 11.8 Å². The average Bonchev–Trinajstić information content (AvgIpc) is 3.14. The molecular formula is C27H34N4. The normalized spacial score (nSPS) is 19.5. The summed E-state index contributed by atoms with van der Waals surface area (Å²) in [5, 5.41) is 9.82. The van der Waals surface area contributed by atoms with Gasteiger partial charge in [0.2, 0.25) is 0 Å². The zero-order valence-corrected chi connectivity index (χ0v) is 20.1. The van der Waals surface area contributed by atoms with Crippen LogP contribution in [0.15, 0.2) is 36.5 Å². The van der Waals surface area contributed by atoms with Gasteiger partial charge in [-0.3, -0.25) is 0 Å². The molecule has 4 nitrogen and oxygen atoms in total. The van der Waals surface area contributed by atoms with Crippen LogP contribution in [-0.4, -0.2) is 19.2 Å². The predicted molar refractivity (Wildman–Crippen MR) is 127 cm³/mol. The van der Waals surface area contributed by atoms with E-state index in [1.54, 1.807) is 0 Å². The highest BCUT2D eigenvalue weighted by Crippen LogP contribution is 2.57. The molecular weight excluding hydrogens is 380 g/mol. The van der Waals surface area contributed by atoms with Crippen molar-refractivity contribution in [1.82, 2.24) is 19.2 Å². The van der Waals surface area contributed by atoms with Crippen molar-refractivity contribution in [1.29, 1.82) is 0 Å². The minimum atomic E-state index is 0.0583. The van der Waals surface area contributed by atoms with Gasteiger partial charge >= 0.3 is 0 Å². The maximum atomic E-state index is 5.15. The monoisotopic (exact) mass is 414 g/mol. The van der Waals surface area contributed by atoms with Crippen LogP contribution in [0.2, 0.25) is 0 Å². The SMILES string of the molecule is Cc1cc(C2CC2c2nn3c(C)cccc3c2C(C)(C)C)cc2c(C(C)(C)C)cnn12. The molecule has 0 saturated heterocycles. The number of hydrogen-bond acceptors (Lipinski definition) is 2. The largest absolute Gasteiger partial charge is 0.238 e. The Hall–Kier alpha value is -2.62. The van der Waals surface area contributed by atoms with E-state index in [1.807, 2.05) is 6.20 Å². The van der Waals surface area contributed by atoms with Crippen LogP contribution in [0, 0.1) is 13.8 Å². The molecule has 4 heteroatoms. The van der Waals surface area contributed by atoms with Gasteiger partial charge in [0.1, 0.15) is 0 Å². The Morgan fingerprint density at radius 2 is 1.58 bits per heavy atom. The third kappa shape index (κ3) is 3.19. The molecule has 2 unspecified atom stereocenters. The van der Waals surface area contributed by atoms with Gasteiger partial charge in [-0.1, -0.05) is 47.6 Å². The smallest absolute Gasteiger partial charge is 0.0709 e. The van der Waals surface area contributed by atoms with E-state index >= 15 is 0 Å². The van der Waals surface area contributed by atoms with Crippen LogP contribution in [0.3, 0.4) is 0 Å². The minimum Gasteiger partial charge on any atom is -0.238 e. The number of pyridine rings is 2. The highest BCUT2D eigenvalue weighted by Gasteiger charge is 2.45. The van der Waals surface area contributed by atoms with E-state index in [-0.39, 0.29) is 10.8 Å². The Bertz CT molecular complexity index is 1310. The molecule has 0 spiro atoms. The molecule has 1 fully saturated rings. The van der Waals surface area contributed by atoms with Crippen molar-refractivity contribution in [3.63, 3.8) is 0 Å². The molecule has 2 atom stereocenters. The maximum Gasteiger partial charge on any atom is 0.0709 e. The molecule has 162 valence electrons. The van der Waals surface area contributed by atoms with E-state index in [2.05, 4.69) is 99.9 Å². The van der Waals surface area contributed by atoms with Crippen LogP contribution in [0.5, 0.6) is 0 Å². The fourth-order valence-electron chi connectivity index (χ4n) is 5.19. The molecule has 0 aromatic carbocycles. The molecule has 4 aromatic rings. The van der Waals surface area contributed by atoms with Crippen LogP contribution < -0.4 is 0 Å². The number of fused-ring (bicyclic) bond motifs is 2. The summed E-state index contributed by atoms with van der Waals surface area (Å²) < 4.78 is 4.24. The summed E-state index contributed by atoms with van der Waals surface area (Å²) in [5.41, 5.74) is 10.5. The Morgan fingerprint density at radius 1 is 0.839 bits per heavy atom. The summed E-state index contributed by atoms with van der Waals surface area (Å²) >= 11 is 0. The first-order valence-electron chi connectivity index (χ1n) is 11.4. The lowest BCUT2D eigenvalue weighted by Gasteiger charge is -2.20. The second-order valence-electron chi connectivity index (χ2n) is 11.5. The lowest BCUT2D eigenvalue weighted by molar-refractivity contribution is 0.587. The minimum absolute atomic E-state index is 0.0583. The van der Waals surface area contributed by atoms with Crippen molar-refractivity contribution in [2.24, 2.45) is 0 Å². The van der Waals surface area contributed by atoms with Crippen molar-refractivity contribution in [3.05, 3.63) is 70.3 Å². The highest BCUT2D eigenvalue weighted by molar-refractivity contribution is 5.63. The third-order valence-corrected chi connectivity index (χ3v) is 6.82. The van der Waals surface area contributed by atoms with Crippen molar-refractivity contribution in [3.8, 4) is 0 Å². The summed E-state index contributed by atoms with van der Waals surface area (Å²) in [4.78, 5) is 0. The first-order valence-corrected chi connectivity index (χ1v) is 11.4. The van der Waals surface area contributed by atoms with Crippen LogP contribution in [0.25, 0.3) is 11.0 Å². The van der Waals surface area contributed by atoms with E-state index in [4.69, 9.17) is 5.10 Å². The van der Waals surface area contributed by atoms with E-state index in [0.717, 1.165) is 0 Å². The molecule has 1 aliphatic carbocycles. The molecule has 0 aliphatic heterocycles. The Kier molecular flexibility index (Phi) is 4.22. The summed E-state index contributed by atoms with van der Waals surface area (Å²) in [5.74, 6) is 1.01. The van der Waals surface area contributed by atoms with Crippen molar-refractivity contribution in [2.45, 2.75) is 84.5 Å². The molecule has 0 radical (unpaired) electrons. The first kappa shape index (κ1) is 20.3. The second kappa shape index (κ2) is 6.44. The second-order valence-corrected chi connectivity index (χ2v) is 11.5. The average molecular weight is 415 g/mol.